The van der Waals surface area contributed by atoms with Crippen LogP contribution in [-0.2, 0) is 13.0 Å². The molecule has 1 N–H and O–H groups in total. The van der Waals surface area contributed by atoms with Gasteiger partial charge in [-0.2, -0.15) is 0 Å². The van der Waals surface area contributed by atoms with Gasteiger partial charge in [-0.1, -0.05) is 19.4 Å². The molecular weight excluding hydrogens is 242 g/mol. The Morgan fingerprint density at radius 1 is 1.28 bits per heavy atom. The van der Waals surface area contributed by atoms with Crippen LogP contribution in [0.1, 0.15) is 29.6 Å². The second-order valence-corrected chi connectivity index (χ2v) is 5.42. The molecule has 0 saturated heterocycles. The van der Waals surface area contributed by atoms with E-state index >= 15 is 0 Å². The Bertz CT molecular complexity index is 496. The summed E-state index contributed by atoms with van der Waals surface area (Å²) in [4.78, 5) is 10.6. The van der Waals surface area contributed by atoms with Gasteiger partial charge < -0.3 is 5.32 Å². The predicted molar refractivity (Wildman–Crippen MR) is 76.8 cm³/mol. The molecule has 0 amide bonds. The third kappa shape index (κ3) is 2.94. The quantitative estimate of drug-likeness (QED) is 0.898. The molecule has 0 unspecified atom stereocenters. The molecule has 2 rings (SSSR count). The van der Waals surface area contributed by atoms with Gasteiger partial charge in [0.15, 0.2) is 0 Å². The van der Waals surface area contributed by atoms with Crippen molar-refractivity contribution in [2.75, 3.05) is 7.05 Å². The lowest BCUT2D eigenvalue weighted by atomic mass is 10.2. The third-order valence-electron chi connectivity index (χ3n) is 2.71. The minimum Gasteiger partial charge on any atom is -0.315 e. The minimum atomic E-state index is 0.888. The third-order valence-corrected chi connectivity index (χ3v) is 3.83. The van der Waals surface area contributed by atoms with Crippen LogP contribution in [0.15, 0.2) is 18.2 Å². The molecule has 0 aliphatic rings. The van der Waals surface area contributed by atoms with Crippen LogP contribution in [0, 0.1) is 6.92 Å². The van der Waals surface area contributed by atoms with E-state index in [0.29, 0.717) is 0 Å². The molecule has 18 heavy (non-hydrogen) atoms. The van der Waals surface area contributed by atoms with Gasteiger partial charge in [0.2, 0.25) is 0 Å². The molecule has 0 aliphatic carbocycles. The fourth-order valence-electron chi connectivity index (χ4n) is 1.89. The van der Waals surface area contributed by atoms with E-state index in [1.807, 2.05) is 32.2 Å². The van der Waals surface area contributed by atoms with Crippen molar-refractivity contribution >= 4 is 11.3 Å². The number of nitrogens with one attached hydrogen (secondary N) is 1. The fraction of sp³-hybridized carbons (Fsp3) is 0.429. The second-order valence-electron chi connectivity index (χ2n) is 4.33. The maximum atomic E-state index is 4.75. The number of rotatable bonds is 5. The summed E-state index contributed by atoms with van der Waals surface area (Å²) in [6.07, 6.45) is 2.17. The average Bonchev–Trinajstić information content (AvgIpc) is 2.74. The monoisotopic (exact) mass is 261 g/mol. The van der Waals surface area contributed by atoms with Crippen molar-refractivity contribution in [3.63, 3.8) is 0 Å². The summed E-state index contributed by atoms with van der Waals surface area (Å²) in [5.74, 6) is 0. The smallest absolute Gasteiger partial charge is 0.142 e. The molecule has 4 heteroatoms. The first-order valence-electron chi connectivity index (χ1n) is 6.31. The Morgan fingerprint density at radius 2 is 2.11 bits per heavy atom. The van der Waals surface area contributed by atoms with Gasteiger partial charge >= 0.3 is 0 Å². The number of thiazole rings is 1. The molecule has 0 bridgehead atoms. The molecule has 0 aliphatic heterocycles. The second kappa shape index (κ2) is 6.07. The van der Waals surface area contributed by atoms with Gasteiger partial charge in [0.1, 0.15) is 5.01 Å². The van der Waals surface area contributed by atoms with Crippen LogP contribution in [0.25, 0.3) is 10.7 Å². The number of pyridine rings is 1. The molecule has 0 aromatic carbocycles. The number of hydrogen-bond donors (Lipinski definition) is 1. The minimum absolute atomic E-state index is 0.888. The Hall–Kier alpha value is -1.26. The van der Waals surface area contributed by atoms with Crippen molar-refractivity contribution in [2.24, 2.45) is 0 Å². The number of aromatic nitrogens is 2. The van der Waals surface area contributed by atoms with Crippen molar-refractivity contribution < 1.29 is 0 Å². The lowest BCUT2D eigenvalue weighted by Crippen LogP contribution is -2.05. The summed E-state index contributed by atoms with van der Waals surface area (Å²) < 4.78 is 0. The lowest BCUT2D eigenvalue weighted by molar-refractivity contribution is 0.798. The zero-order valence-corrected chi connectivity index (χ0v) is 12.0. The van der Waals surface area contributed by atoms with Crippen molar-refractivity contribution in [1.82, 2.24) is 15.3 Å². The highest BCUT2D eigenvalue weighted by molar-refractivity contribution is 7.15. The maximum absolute atomic E-state index is 4.75. The van der Waals surface area contributed by atoms with Gasteiger partial charge in [0.25, 0.3) is 0 Å². The van der Waals surface area contributed by atoms with Gasteiger partial charge in [-0.05, 0) is 32.5 Å². The van der Waals surface area contributed by atoms with Crippen LogP contribution in [0.2, 0.25) is 0 Å². The first-order chi connectivity index (χ1) is 8.74. The van der Waals surface area contributed by atoms with Gasteiger partial charge in [0, 0.05) is 17.1 Å². The van der Waals surface area contributed by atoms with Crippen LogP contribution in [-0.4, -0.2) is 17.0 Å². The highest BCUT2D eigenvalue weighted by atomic mass is 32.1. The Balaban J connectivity index is 2.36. The van der Waals surface area contributed by atoms with Crippen molar-refractivity contribution in [3.8, 4) is 10.7 Å². The Kier molecular flexibility index (Phi) is 4.44. The highest BCUT2D eigenvalue weighted by Gasteiger charge is 2.12. The predicted octanol–water partition coefficient (Wildman–Crippen LogP) is 3.19. The summed E-state index contributed by atoms with van der Waals surface area (Å²) in [5, 5.41) is 4.24. The topological polar surface area (TPSA) is 37.8 Å². The van der Waals surface area contributed by atoms with E-state index in [2.05, 4.69) is 17.2 Å². The Labute approximate surface area is 112 Å². The maximum Gasteiger partial charge on any atom is 0.142 e. The summed E-state index contributed by atoms with van der Waals surface area (Å²) in [5.41, 5.74) is 3.24. The van der Waals surface area contributed by atoms with Crippen molar-refractivity contribution in [3.05, 3.63) is 34.5 Å². The lowest BCUT2D eigenvalue weighted by Gasteiger charge is -1.98. The van der Waals surface area contributed by atoms with Gasteiger partial charge in [-0.25, -0.2) is 4.98 Å². The first-order valence-corrected chi connectivity index (χ1v) is 7.13. The van der Waals surface area contributed by atoms with E-state index in [1.165, 1.54) is 10.6 Å². The normalized spacial score (nSPS) is 10.8. The zero-order valence-electron chi connectivity index (χ0n) is 11.2. The van der Waals surface area contributed by atoms with E-state index in [9.17, 15) is 0 Å². The molecule has 0 saturated carbocycles. The Morgan fingerprint density at radius 3 is 2.78 bits per heavy atom. The molecular formula is C14H19N3S. The van der Waals surface area contributed by atoms with Gasteiger partial charge in [-0.15, -0.1) is 11.3 Å². The molecule has 0 atom stereocenters. The molecule has 0 fully saturated rings. The molecule has 2 aromatic heterocycles. The first kappa shape index (κ1) is 13.2. The fourth-order valence-corrected chi connectivity index (χ4v) is 2.98. The number of nitrogens with zero attached hydrogens (tertiary/aromatic N) is 2. The van der Waals surface area contributed by atoms with Gasteiger partial charge in [0.05, 0.1) is 11.4 Å². The summed E-state index contributed by atoms with van der Waals surface area (Å²) in [7, 11) is 1.97. The van der Waals surface area contributed by atoms with E-state index in [1.54, 1.807) is 11.3 Å². The molecule has 3 nitrogen and oxygen atoms in total. The van der Waals surface area contributed by atoms with Crippen molar-refractivity contribution in [1.29, 1.82) is 0 Å². The van der Waals surface area contributed by atoms with Crippen molar-refractivity contribution in [2.45, 2.75) is 33.2 Å². The molecule has 2 heterocycles. The molecule has 96 valence electrons. The number of hydrogen-bond acceptors (Lipinski definition) is 4. The highest BCUT2D eigenvalue weighted by Crippen LogP contribution is 2.27. The average molecular weight is 261 g/mol. The van der Waals surface area contributed by atoms with E-state index in [-0.39, 0.29) is 0 Å². The summed E-state index contributed by atoms with van der Waals surface area (Å²) in [6, 6.07) is 6.08. The largest absolute Gasteiger partial charge is 0.315 e. The van der Waals surface area contributed by atoms with E-state index < -0.39 is 0 Å². The zero-order chi connectivity index (χ0) is 13.0. The van der Waals surface area contributed by atoms with Crippen LogP contribution < -0.4 is 5.32 Å². The summed E-state index contributed by atoms with van der Waals surface area (Å²) in [6.45, 7) is 5.09. The van der Waals surface area contributed by atoms with E-state index in [0.717, 1.165) is 35.8 Å². The summed E-state index contributed by atoms with van der Waals surface area (Å²) >= 11 is 1.75. The van der Waals surface area contributed by atoms with Crippen LogP contribution in [0.4, 0.5) is 0 Å². The van der Waals surface area contributed by atoms with Crippen LogP contribution >= 0.6 is 11.3 Å². The van der Waals surface area contributed by atoms with Gasteiger partial charge in [-0.3, -0.25) is 4.98 Å². The molecule has 0 spiro atoms. The standard InChI is InChI=1S/C14H19N3S/c1-4-6-11-13(9-15-3)18-14(17-11)12-8-5-7-10(2)16-12/h5,7-8,15H,4,6,9H2,1-3H3. The SMILES string of the molecule is CCCc1nc(-c2cccc(C)n2)sc1CNC. The number of aryl methyl sites for hydroxylation is 2. The van der Waals surface area contributed by atoms with Crippen LogP contribution in [0.3, 0.4) is 0 Å². The van der Waals surface area contributed by atoms with E-state index in [4.69, 9.17) is 4.98 Å². The molecule has 2 aromatic rings. The molecule has 0 radical (unpaired) electrons. The van der Waals surface area contributed by atoms with Crippen LogP contribution in [0.5, 0.6) is 0 Å².